The van der Waals surface area contributed by atoms with Gasteiger partial charge in [0.25, 0.3) is 0 Å². The average molecular weight is 753 g/mol. The summed E-state index contributed by atoms with van der Waals surface area (Å²) in [5.74, 6) is 0. The summed E-state index contributed by atoms with van der Waals surface area (Å²) in [6, 6.07) is 60.8. The van der Waals surface area contributed by atoms with Gasteiger partial charge in [0, 0.05) is 42.1 Å². The first-order valence-corrected chi connectivity index (χ1v) is 20.9. The van der Waals surface area contributed by atoms with Crippen LogP contribution in [0, 0.1) is 0 Å². The van der Waals surface area contributed by atoms with Crippen LogP contribution in [0.3, 0.4) is 0 Å². The Kier molecular flexibility index (Phi) is 7.54. The zero-order valence-electron chi connectivity index (χ0n) is 31.3. The molecule has 3 N–H and O–H groups in total. The number of allylic oxidation sites excluding steroid dienone is 2. The third kappa shape index (κ3) is 4.84. The number of aromatic nitrogens is 1. The van der Waals surface area contributed by atoms with Crippen molar-refractivity contribution < 1.29 is 0 Å². The quantitative estimate of drug-likeness (QED) is 0.164. The van der Waals surface area contributed by atoms with Crippen molar-refractivity contribution in [3.05, 3.63) is 215 Å². The SMILES string of the molecule is C1=CC(C2NC(c3cccc4c3sc3ccccc34)NC(n3c4ccccc4c4ccc5c(c43)C(c3ccccc3)(c3ccccc3)c3ccccc3-5)N2)=CCC1. The molecule has 0 spiro atoms. The highest BCUT2D eigenvalue weighted by Gasteiger charge is 2.48. The molecule has 274 valence electrons. The number of nitrogens with zero attached hydrogens (tertiary/aromatic N) is 1. The summed E-state index contributed by atoms with van der Waals surface area (Å²) in [5, 5.41) is 17.5. The summed E-state index contributed by atoms with van der Waals surface area (Å²) in [6.07, 6.45) is 8.67. The van der Waals surface area contributed by atoms with E-state index in [-0.39, 0.29) is 18.6 Å². The molecule has 7 aromatic carbocycles. The van der Waals surface area contributed by atoms with Crippen molar-refractivity contribution in [3.63, 3.8) is 0 Å². The van der Waals surface area contributed by atoms with Gasteiger partial charge in [-0.3, -0.25) is 16.0 Å². The van der Waals surface area contributed by atoms with E-state index < -0.39 is 5.41 Å². The molecule has 3 heterocycles. The molecule has 0 radical (unpaired) electrons. The third-order valence-electron chi connectivity index (χ3n) is 12.6. The molecule has 1 saturated heterocycles. The molecule has 57 heavy (non-hydrogen) atoms. The Hall–Kier alpha value is -6.08. The first-order valence-electron chi connectivity index (χ1n) is 20.1. The van der Waals surface area contributed by atoms with Crippen molar-refractivity contribution in [2.75, 3.05) is 0 Å². The smallest absolute Gasteiger partial charge is 0.142 e. The molecular formula is C52H40N4S. The minimum absolute atomic E-state index is 0.0828. The van der Waals surface area contributed by atoms with Crippen molar-refractivity contribution in [2.24, 2.45) is 0 Å². The van der Waals surface area contributed by atoms with Gasteiger partial charge < -0.3 is 4.57 Å². The Balaban J connectivity index is 1.16. The molecule has 12 rings (SSSR count). The first-order chi connectivity index (χ1) is 28.3. The summed E-state index contributed by atoms with van der Waals surface area (Å²) in [6.45, 7) is 0. The van der Waals surface area contributed by atoms with Crippen LogP contribution in [0.15, 0.2) is 188 Å². The van der Waals surface area contributed by atoms with E-state index in [1.807, 2.05) is 11.3 Å². The molecule has 3 unspecified atom stereocenters. The summed E-state index contributed by atoms with van der Waals surface area (Å²) in [4.78, 5) is 0. The molecule has 0 saturated carbocycles. The highest BCUT2D eigenvalue weighted by molar-refractivity contribution is 7.26. The van der Waals surface area contributed by atoms with Crippen LogP contribution in [0.2, 0.25) is 0 Å². The lowest BCUT2D eigenvalue weighted by Gasteiger charge is -2.42. The lowest BCUT2D eigenvalue weighted by molar-refractivity contribution is 0.179. The maximum atomic E-state index is 4.18. The van der Waals surface area contributed by atoms with Gasteiger partial charge in [0.1, 0.15) is 6.29 Å². The van der Waals surface area contributed by atoms with E-state index in [1.165, 1.54) is 86.5 Å². The fourth-order valence-corrected chi connectivity index (χ4v) is 11.5. The second-order valence-corrected chi connectivity index (χ2v) is 16.6. The molecule has 3 atom stereocenters. The second-order valence-electron chi connectivity index (χ2n) is 15.6. The normalized spacial score (nSPS) is 19.9. The Morgan fingerprint density at radius 3 is 2.05 bits per heavy atom. The first kappa shape index (κ1) is 33.1. The molecular weight excluding hydrogens is 713 g/mol. The van der Waals surface area contributed by atoms with Crippen LogP contribution < -0.4 is 16.0 Å². The van der Waals surface area contributed by atoms with Gasteiger partial charge in [0.15, 0.2) is 0 Å². The molecule has 2 aliphatic carbocycles. The number of rotatable bonds is 5. The Morgan fingerprint density at radius 1 is 0.544 bits per heavy atom. The van der Waals surface area contributed by atoms with Crippen LogP contribution in [0.5, 0.6) is 0 Å². The van der Waals surface area contributed by atoms with Crippen LogP contribution in [-0.4, -0.2) is 10.7 Å². The fourth-order valence-electron chi connectivity index (χ4n) is 10.3. The molecule has 2 aromatic heterocycles. The number of thiophene rings is 1. The maximum absolute atomic E-state index is 4.18. The Bertz CT molecular complexity index is 3040. The minimum atomic E-state index is -0.552. The average Bonchev–Trinajstić information content (AvgIpc) is 3.94. The number of hydrogen-bond acceptors (Lipinski definition) is 4. The van der Waals surface area contributed by atoms with Gasteiger partial charge in [-0.15, -0.1) is 11.3 Å². The minimum Gasteiger partial charge on any atom is -0.311 e. The predicted molar refractivity (Wildman–Crippen MR) is 238 cm³/mol. The zero-order valence-corrected chi connectivity index (χ0v) is 32.1. The number of benzene rings is 7. The van der Waals surface area contributed by atoms with Crippen molar-refractivity contribution in [2.45, 2.75) is 36.9 Å². The molecule has 9 aromatic rings. The summed E-state index contributed by atoms with van der Waals surface area (Å²) in [5.41, 5.74) is 12.2. The van der Waals surface area contributed by atoms with Crippen LogP contribution in [0.25, 0.3) is 53.1 Å². The number of hydrogen-bond donors (Lipinski definition) is 3. The highest BCUT2D eigenvalue weighted by Crippen LogP contribution is 2.59. The molecule has 1 aliphatic heterocycles. The largest absolute Gasteiger partial charge is 0.311 e. The molecule has 3 aliphatic rings. The summed E-state index contributed by atoms with van der Waals surface area (Å²) in [7, 11) is 0. The monoisotopic (exact) mass is 752 g/mol. The van der Waals surface area contributed by atoms with Crippen molar-refractivity contribution in [1.82, 2.24) is 20.5 Å². The van der Waals surface area contributed by atoms with Gasteiger partial charge >= 0.3 is 0 Å². The van der Waals surface area contributed by atoms with E-state index in [4.69, 9.17) is 0 Å². The maximum Gasteiger partial charge on any atom is 0.142 e. The molecule has 5 heteroatoms. The summed E-state index contributed by atoms with van der Waals surface area (Å²) < 4.78 is 5.23. The Labute approximate surface area is 335 Å². The topological polar surface area (TPSA) is 41.0 Å². The number of nitrogens with one attached hydrogen (secondary N) is 3. The van der Waals surface area contributed by atoms with Crippen LogP contribution >= 0.6 is 11.3 Å². The molecule has 0 bridgehead atoms. The van der Waals surface area contributed by atoms with Crippen LogP contribution in [-0.2, 0) is 5.41 Å². The van der Waals surface area contributed by atoms with E-state index in [1.54, 1.807) is 0 Å². The van der Waals surface area contributed by atoms with E-state index in [0.717, 1.165) is 12.8 Å². The van der Waals surface area contributed by atoms with Crippen LogP contribution in [0.4, 0.5) is 0 Å². The van der Waals surface area contributed by atoms with E-state index in [0.29, 0.717) is 0 Å². The van der Waals surface area contributed by atoms with Gasteiger partial charge in [0.2, 0.25) is 0 Å². The van der Waals surface area contributed by atoms with Gasteiger partial charge in [-0.1, -0.05) is 170 Å². The fraction of sp³-hybridized carbons (Fsp3) is 0.115. The lowest BCUT2D eigenvalue weighted by atomic mass is 9.67. The standard InChI is InChI=1S/C52H40N4S/c1-4-17-33(18-5-1)49-53-50(42-27-16-26-41-38-25-12-15-30-45(38)57-48(41)42)55-51(54-49)56-44-29-14-11-24-37(44)40-32-31-39-36-23-10-13-28-43(36)52(46(39)47(40)56,34-19-6-2-7-20-34)35-21-8-3-9-22-35/h2-4,6-32,49-51,53-55H,1,5H2. The summed E-state index contributed by atoms with van der Waals surface area (Å²) >= 11 is 1.89. The highest BCUT2D eigenvalue weighted by atomic mass is 32.1. The lowest BCUT2D eigenvalue weighted by Crippen LogP contribution is -2.61. The molecule has 0 amide bonds. The van der Waals surface area contributed by atoms with E-state index in [9.17, 15) is 0 Å². The van der Waals surface area contributed by atoms with Gasteiger partial charge in [-0.2, -0.15) is 0 Å². The van der Waals surface area contributed by atoms with Gasteiger partial charge in [0.05, 0.1) is 28.8 Å². The van der Waals surface area contributed by atoms with Gasteiger partial charge in [-0.05, 0) is 58.4 Å². The number of para-hydroxylation sites is 1. The Morgan fingerprint density at radius 2 is 1.25 bits per heavy atom. The predicted octanol–water partition coefficient (Wildman–Crippen LogP) is 12.1. The van der Waals surface area contributed by atoms with E-state index in [2.05, 4.69) is 203 Å². The van der Waals surface area contributed by atoms with Crippen molar-refractivity contribution in [1.29, 1.82) is 0 Å². The van der Waals surface area contributed by atoms with E-state index >= 15 is 0 Å². The molecule has 4 nitrogen and oxygen atoms in total. The number of fused-ring (bicyclic) bond motifs is 10. The third-order valence-corrected chi connectivity index (χ3v) is 13.9. The molecule has 1 fully saturated rings. The van der Waals surface area contributed by atoms with Crippen LogP contribution in [0.1, 0.15) is 53.1 Å². The zero-order chi connectivity index (χ0) is 37.5. The van der Waals surface area contributed by atoms with Gasteiger partial charge in [-0.25, -0.2) is 0 Å². The van der Waals surface area contributed by atoms with Crippen molar-refractivity contribution in [3.8, 4) is 11.1 Å². The second kappa shape index (κ2) is 13.0. The van der Waals surface area contributed by atoms with Crippen molar-refractivity contribution >= 4 is 53.3 Å².